The number of phosphoric acid groups is 1. The Balaban J connectivity index is 0.000000732. The Kier molecular flexibility index (Phi) is 10.2. The van der Waals surface area contributed by atoms with E-state index in [2.05, 4.69) is 9.80 Å². The fraction of sp³-hybridized carbons (Fsp3) is 0.667. The van der Waals surface area contributed by atoms with Crippen LogP contribution < -0.4 is 9.64 Å². The zero-order valence-electron chi connectivity index (χ0n) is 21.4. The fourth-order valence-electron chi connectivity index (χ4n) is 5.17. The van der Waals surface area contributed by atoms with Crippen molar-refractivity contribution < 1.29 is 47.5 Å². The third kappa shape index (κ3) is 8.17. The van der Waals surface area contributed by atoms with Crippen molar-refractivity contribution in [3.8, 4) is 5.75 Å². The van der Waals surface area contributed by atoms with E-state index in [0.29, 0.717) is 18.7 Å². The molecule has 1 aliphatic carbocycles. The molecule has 0 bridgehead atoms. The molecule has 3 fully saturated rings. The van der Waals surface area contributed by atoms with Crippen molar-refractivity contribution in [1.82, 2.24) is 9.80 Å². The van der Waals surface area contributed by atoms with Gasteiger partial charge in [0, 0.05) is 38.8 Å². The monoisotopic (exact) mass is 563 g/mol. The zero-order valence-corrected chi connectivity index (χ0v) is 22.3. The quantitative estimate of drug-likeness (QED) is 0.282. The highest BCUT2D eigenvalue weighted by Gasteiger charge is 2.52. The summed E-state index contributed by atoms with van der Waals surface area (Å²) >= 11 is 0. The number of carbonyl (C=O) groups excluding carboxylic acids is 2. The number of piperazine rings is 1. The largest absolute Gasteiger partial charge is 0.489 e. The summed E-state index contributed by atoms with van der Waals surface area (Å²) in [6.07, 6.45) is -2.02. The summed E-state index contributed by atoms with van der Waals surface area (Å²) in [5, 5.41) is 9.74. The smallest absolute Gasteiger partial charge is 0.466 e. The van der Waals surface area contributed by atoms with Crippen LogP contribution in [-0.2, 0) is 14.2 Å². The molecule has 4 unspecified atom stereocenters. The lowest BCUT2D eigenvalue weighted by Crippen LogP contribution is -2.47. The molecule has 2 saturated heterocycles. The third-order valence-corrected chi connectivity index (χ3v) is 6.90. The van der Waals surface area contributed by atoms with Crippen LogP contribution in [0.25, 0.3) is 0 Å². The van der Waals surface area contributed by atoms with Gasteiger partial charge < -0.3 is 29.4 Å². The molecule has 1 aromatic rings. The van der Waals surface area contributed by atoms with Crippen molar-refractivity contribution >= 4 is 25.3 Å². The first kappa shape index (κ1) is 30.4. The van der Waals surface area contributed by atoms with Crippen LogP contribution in [0.1, 0.15) is 33.1 Å². The number of ether oxygens (including phenoxy) is 1. The molecule has 2 heterocycles. The number of halogens is 2. The molecule has 214 valence electrons. The van der Waals surface area contributed by atoms with Gasteiger partial charge >= 0.3 is 7.82 Å². The second-order valence-electron chi connectivity index (χ2n) is 10.1. The van der Waals surface area contributed by atoms with Crippen molar-refractivity contribution in [1.29, 1.82) is 0 Å². The van der Waals surface area contributed by atoms with Gasteiger partial charge in [0.05, 0.1) is 29.7 Å². The molecule has 4 N–H and O–H groups in total. The number of aliphatic hydroxyl groups excluding tert-OH is 1. The van der Waals surface area contributed by atoms with E-state index in [9.17, 15) is 23.5 Å². The van der Waals surface area contributed by atoms with Crippen LogP contribution in [0.2, 0.25) is 0 Å². The number of hydrogen-bond donors (Lipinski definition) is 4. The maximum absolute atomic E-state index is 13.9. The number of aliphatic hydroxyl groups is 1. The highest BCUT2D eigenvalue weighted by molar-refractivity contribution is 7.45. The number of anilines is 1. The molecule has 1 aromatic carbocycles. The molecule has 0 aromatic heterocycles. The summed E-state index contributed by atoms with van der Waals surface area (Å²) in [4.78, 5) is 52.4. The molecule has 4 atom stereocenters. The second kappa shape index (κ2) is 12.8. The Morgan fingerprint density at radius 3 is 2.18 bits per heavy atom. The van der Waals surface area contributed by atoms with Gasteiger partial charge in [-0.1, -0.05) is 0 Å². The lowest BCUT2D eigenvalue weighted by atomic mass is 9.78. The summed E-state index contributed by atoms with van der Waals surface area (Å²) in [6, 6.07) is 4.59. The van der Waals surface area contributed by atoms with Gasteiger partial charge in [0.1, 0.15) is 17.7 Å². The van der Waals surface area contributed by atoms with E-state index in [0.717, 1.165) is 38.4 Å². The first-order valence-electron chi connectivity index (χ1n) is 12.6. The van der Waals surface area contributed by atoms with Crippen LogP contribution in [0.3, 0.4) is 0 Å². The molecule has 0 radical (unpaired) electrons. The molecule has 14 heteroatoms. The van der Waals surface area contributed by atoms with Gasteiger partial charge in [0.25, 0.3) is 0 Å². The lowest BCUT2D eigenvalue weighted by Gasteiger charge is -2.37. The van der Waals surface area contributed by atoms with Gasteiger partial charge in [0.2, 0.25) is 11.8 Å². The number of amides is 2. The first-order valence-corrected chi connectivity index (χ1v) is 14.2. The Bertz CT molecular complexity index is 998. The van der Waals surface area contributed by atoms with Gasteiger partial charge in [-0.2, -0.15) is 0 Å². The van der Waals surface area contributed by atoms with Crippen molar-refractivity contribution in [2.45, 2.75) is 51.5 Å². The molecule has 11 nitrogen and oxygen atoms in total. The first-order chi connectivity index (χ1) is 17.7. The number of likely N-dealkylation sites (tertiary alicyclic amines) is 1. The summed E-state index contributed by atoms with van der Waals surface area (Å²) in [5.74, 6) is -1.41. The van der Waals surface area contributed by atoms with Crippen LogP contribution in [0.15, 0.2) is 18.2 Å². The standard InChI is InChI=1S/C24H33F2N3O4.H3O4P/c1-15(2)33-22-5-4-16(25)12-20(22)28-10-8-27(9-11-28)6-3-7-29-23(31)17-13-19(26)21(30)14-18(17)24(29)32;1-5(2,3)4/h4-5,12,15,17-19,21,30H,3,6-11,13-14H2,1-2H3;(H3,1,2,3,4). The van der Waals surface area contributed by atoms with Crippen molar-refractivity contribution in [2.24, 2.45) is 11.8 Å². The number of carbonyl (C=O) groups is 2. The summed E-state index contributed by atoms with van der Waals surface area (Å²) in [7, 11) is -4.64. The van der Waals surface area contributed by atoms with E-state index >= 15 is 0 Å². The highest BCUT2D eigenvalue weighted by Crippen LogP contribution is 2.39. The molecule has 38 heavy (non-hydrogen) atoms. The highest BCUT2D eigenvalue weighted by atomic mass is 31.2. The average Bonchev–Trinajstić information content (AvgIpc) is 3.04. The predicted molar refractivity (Wildman–Crippen MR) is 134 cm³/mol. The van der Waals surface area contributed by atoms with E-state index in [4.69, 9.17) is 24.0 Å². The zero-order chi connectivity index (χ0) is 28.2. The number of rotatable bonds is 7. The molecular formula is C24H36F2N3O8P. The molecule has 0 spiro atoms. The summed E-state index contributed by atoms with van der Waals surface area (Å²) in [5.41, 5.74) is 0.757. The van der Waals surface area contributed by atoms with Gasteiger partial charge in [0.15, 0.2) is 0 Å². The number of fused-ring (bicyclic) bond motifs is 1. The van der Waals surface area contributed by atoms with E-state index in [1.807, 2.05) is 13.8 Å². The Hall–Kier alpha value is -2.15. The van der Waals surface area contributed by atoms with Crippen molar-refractivity contribution in [2.75, 3.05) is 44.2 Å². The molecular weight excluding hydrogens is 527 g/mol. The Morgan fingerprint density at radius 1 is 1.03 bits per heavy atom. The van der Waals surface area contributed by atoms with Crippen LogP contribution in [0, 0.1) is 17.7 Å². The van der Waals surface area contributed by atoms with Crippen LogP contribution >= 0.6 is 7.82 Å². The minimum absolute atomic E-state index is 0.00519. The van der Waals surface area contributed by atoms with E-state index in [1.54, 1.807) is 6.07 Å². The van der Waals surface area contributed by atoms with Crippen LogP contribution in [0.5, 0.6) is 5.75 Å². The maximum Gasteiger partial charge on any atom is 0.466 e. The van der Waals surface area contributed by atoms with Crippen molar-refractivity contribution in [3.63, 3.8) is 0 Å². The number of benzene rings is 1. The van der Waals surface area contributed by atoms with Crippen molar-refractivity contribution in [3.05, 3.63) is 24.0 Å². The lowest BCUT2D eigenvalue weighted by molar-refractivity contribution is -0.140. The van der Waals surface area contributed by atoms with Gasteiger partial charge in [-0.25, -0.2) is 13.3 Å². The van der Waals surface area contributed by atoms with Gasteiger partial charge in [-0.15, -0.1) is 0 Å². The normalized spacial score (nSPS) is 26.3. The van der Waals surface area contributed by atoms with Gasteiger partial charge in [-0.05, 0) is 51.8 Å². The summed E-state index contributed by atoms with van der Waals surface area (Å²) in [6.45, 7) is 7.92. The minimum atomic E-state index is -4.64. The average molecular weight is 564 g/mol. The van der Waals surface area contributed by atoms with E-state index in [-0.39, 0.29) is 36.6 Å². The van der Waals surface area contributed by atoms with Crippen LogP contribution in [-0.4, -0.2) is 99.0 Å². The van der Waals surface area contributed by atoms with E-state index in [1.165, 1.54) is 17.0 Å². The third-order valence-electron chi connectivity index (χ3n) is 6.90. The second-order valence-corrected chi connectivity index (χ2v) is 11.1. The number of alkyl halides is 1. The Morgan fingerprint density at radius 2 is 1.61 bits per heavy atom. The molecule has 1 saturated carbocycles. The molecule has 3 aliphatic rings. The fourth-order valence-corrected chi connectivity index (χ4v) is 5.17. The van der Waals surface area contributed by atoms with Gasteiger partial charge in [-0.3, -0.25) is 19.4 Å². The molecule has 2 amide bonds. The Labute approximate surface area is 220 Å². The number of imide groups is 1. The molecule has 2 aliphatic heterocycles. The summed E-state index contributed by atoms with van der Waals surface area (Å²) < 4.78 is 42.4. The number of nitrogens with zero attached hydrogens (tertiary/aromatic N) is 3. The SMILES string of the molecule is CC(C)Oc1ccc(F)cc1N1CCN(CCCN2C(=O)C3CC(O)C(F)CC3C2=O)CC1.O=P(O)(O)O. The van der Waals surface area contributed by atoms with Crippen LogP contribution in [0.4, 0.5) is 14.5 Å². The topological polar surface area (TPSA) is 151 Å². The number of hydrogen-bond acceptors (Lipinski definition) is 7. The predicted octanol–water partition coefficient (Wildman–Crippen LogP) is 1.29. The molecule has 4 rings (SSSR count). The maximum atomic E-state index is 13.9. The van der Waals surface area contributed by atoms with E-state index < -0.39 is 31.9 Å². The minimum Gasteiger partial charge on any atom is -0.489 e.